The SMILES string of the molecule is CCOc1cc(/C=c2/sc3nc4ccccc4n3c2=O)ccc1OCc1ccccc1. The third-order valence-corrected chi connectivity index (χ3v) is 5.92. The van der Waals surface area contributed by atoms with Gasteiger partial charge in [0, 0.05) is 0 Å². The fourth-order valence-electron chi connectivity index (χ4n) is 3.50. The third-order valence-electron chi connectivity index (χ3n) is 4.95. The fraction of sp³-hybridized carbons (Fsp3) is 0.120. The molecule has 5 aromatic rings. The van der Waals surface area contributed by atoms with Crippen molar-refractivity contribution in [1.29, 1.82) is 0 Å². The fourth-order valence-corrected chi connectivity index (χ4v) is 4.49. The van der Waals surface area contributed by atoms with Crippen LogP contribution in [-0.2, 0) is 6.61 Å². The van der Waals surface area contributed by atoms with Gasteiger partial charge in [-0.3, -0.25) is 4.79 Å². The summed E-state index contributed by atoms with van der Waals surface area (Å²) in [5.74, 6) is 1.34. The molecule has 0 N–H and O–H groups in total. The first-order valence-corrected chi connectivity index (χ1v) is 10.9. The number of fused-ring (bicyclic) bond motifs is 3. The lowest BCUT2D eigenvalue weighted by Gasteiger charge is -2.12. The highest BCUT2D eigenvalue weighted by atomic mass is 32.1. The number of thiazole rings is 1. The zero-order valence-corrected chi connectivity index (χ0v) is 17.8. The van der Waals surface area contributed by atoms with E-state index >= 15 is 0 Å². The third kappa shape index (κ3) is 3.78. The van der Waals surface area contributed by atoms with Crippen molar-refractivity contribution in [3.63, 3.8) is 0 Å². The van der Waals surface area contributed by atoms with Crippen LogP contribution in [0.3, 0.4) is 0 Å². The Morgan fingerprint density at radius 3 is 2.61 bits per heavy atom. The molecule has 31 heavy (non-hydrogen) atoms. The van der Waals surface area contributed by atoms with Gasteiger partial charge in [0.25, 0.3) is 5.56 Å². The predicted octanol–water partition coefficient (Wildman–Crippen LogP) is 4.43. The number of hydrogen-bond donors (Lipinski definition) is 0. The molecule has 0 spiro atoms. The van der Waals surface area contributed by atoms with E-state index in [-0.39, 0.29) is 5.56 Å². The molecule has 0 saturated heterocycles. The lowest BCUT2D eigenvalue weighted by Crippen LogP contribution is -2.22. The van der Waals surface area contributed by atoms with Gasteiger partial charge in [-0.2, -0.15) is 0 Å². The van der Waals surface area contributed by atoms with Crippen LogP contribution in [0.25, 0.3) is 22.1 Å². The Kier molecular flexibility index (Phi) is 5.14. The molecule has 0 saturated carbocycles. The van der Waals surface area contributed by atoms with Crippen LogP contribution in [0.5, 0.6) is 11.5 Å². The normalized spacial score (nSPS) is 12.0. The summed E-state index contributed by atoms with van der Waals surface area (Å²) in [4.78, 5) is 18.3. The van der Waals surface area contributed by atoms with E-state index in [0.29, 0.717) is 34.2 Å². The largest absolute Gasteiger partial charge is 0.490 e. The molecular weight excluding hydrogens is 408 g/mol. The Balaban J connectivity index is 1.50. The summed E-state index contributed by atoms with van der Waals surface area (Å²) in [7, 11) is 0. The van der Waals surface area contributed by atoms with Crippen molar-refractivity contribution in [2.75, 3.05) is 6.61 Å². The van der Waals surface area contributed by atoms with Crippen LogP contribution in [0, 0.1) is 0 Å². The van der Waals surface area contributed by atoms with Crippen LogP contribution in [0.1, 0.15) is 18.1 Å². The summed E-state index contributed by atoms with van der Waals surface area (Å²) >= 11 is 1.39. The summed E-state index contributed by atoms with van der Waals surface area (Å²) < 4.78 is 14.1. The van der Waals surface area contributed by atoms with E-state index in [9.17, 15) is 4.79 Å². The van der Waals surface area contributed by atoms with E-state index in [1.54, 1.807) is 4.40 Å². The van der Waals surface area contributed by atoms with Crippen LogP contribution in [-0.4, -0.2) is 16.0 Å². The number of benzene rings is 3. The van der Waals surface area contributed by atoms with Crippen molar-refractivity contribution in [2.24, 2.45) is 0 Å². The number of nitrogens with zero attached hydrogens (tertiary/aromatic N) is 2. The summed E-state index contributed by atoms with van der Waals surface area (Å²) in [6.07, 6.45) is 1.87. The molecule has 5 rings (SSSR count). The molecule has 2 aromatic heterocycles. The maximum atomic E-state index is 13.0. The van der Waals surface area contributed by atoms with Gasteiger partial charge in [-0.05, 0) is 48.4 Å². The van der Waals surface area contributed by atoms with E-state index in [1.165, 1.54) is 11.3 Å². The number of aromatic nitrogens is 2. The molecule has 154 valence electrons. The Bertz CT molecular complexity index is 1470. The number of rotatable bonds is 6. The Morgan fingerprint density at radius 1 is 0.968 bits per heavy atom. The molecule has 0 fully saturated rings. The van der Waals surface area contributed by atoms with Crippen molar-refractivity contribution in [2.45, 2.75) is 13.5 Å². The monoisotopic (exact) mass is 428 g/mol. The molecule has 0 aliphatic carbocycles. The van der Waals surface area contributed by atoms with E-state index in [4.69, 9.17) is 9.47 Å². The van der Waals surface area contributed by atoms with Crippen molar-refractivity contribution in [3.8, 4) is 11.5 Å². The molecule has 2 heterocycles. The standard InChI is InChI=1S/C25H20N2O3S/c1-2-29-22-14-18(12-13-21(22)30-16-17-8-4-3-5-9-17)15-23-24(28)27-20-11-7-6-10-19(20)26-25(27)31-23/h3-15H,2,16H2,1H3/b23-15+. The molecule has 0 atom stereocenters. The molecule has 0 amide bonds. The van der Waals surface area contributed by atoms with E-state index in [1.807, 2.05) is 85.8 Å². The average Bonchev–Trinajstić information content (AvgIpc) is 3.30. The summed E-state index contributed by atoms with van der Waals surface area (Å²) in [5, 5.41) is 0. The van der Waals surface area contributed by atoms with Gasteiger partial charge in [-0.15, -0.1) is 0 Å². The lowest BCUT2D eigenvalue weighted by atomic mass is 10.2. The highest BCUT2D eigenvalue weighted by molar-refractivity contribution is 7.15. The first-order chi connectivity index (χ1) is 15.2. The zero-order chi connectivity index (χ0) is 21.2. The maximum Gasteiger partial charge on any atom is 0.274 e. The number of ether oxygens (including phenoxy) is 2. The molecule has 0 bridgehead atoms. The second kappa shape index (κ2) is 8.24. The quantitative estimate of drug-likeness (QED) is 0.401. The second-order valence-electron chi connectivity index (χ2n) is 7.05. The molecule has 0 aliphatic heterocycles. The van der Waals surface area contributed by atoms with Gasteiger partial charge in [0.15, 0.2) is 16.5 Å². The predicted molar refractivity (Wildman–Crippen MR) is 124 cm³/mol. The summed E-state index contributed by atoms with van der Waals surface area (Å²) in [6, 6.07) is 23.4. The minimum absolute atomic E-state index is 0.0592. The van der Waals surface area contributed by atoms with Crippen LogP contribution in [0.4, 0.5) is 0 Å². The van der Waals surface area contributed by atoms with Crippen LogP contribution in [0.15, 0.2) is 77.6 Å². The highest BCUT2D eigenvalue weighted by Gasteiger charge is 2.11. The topological polar surface area (TPSA) is 52.8 Å². The van der Waals surface area contributed by atoms with Crippen molar-refractivity contribution < 1.29 is 9.47 Å². The van der Waals surface area contributed by atoms with Gasteiger partial charge in [0.1, 0.15) is 6.61 Å². The Morgan fingerprint density at radius 2 is 1.77 bits per heavy atom. The number of para-hydroxylation sites is 2. The van der Waals surface area contributed by atoms with Gasteiger partial charge in [0.05, 0.1) is 22.2 Å². The highest BCUT2D eigenvalue weighted by Crippen LogP contribution is 2.29. The average molecular weight is 429 g/mol. The molecule has 0 radical (unpaired) electrons. The van der Waals surface area contributed by atoms with Crippen molar-refractivity contribution in [3.05, 3.63) is 98.8 Å². The maximum absolute atomic E-state index is 13.0. The first kappa shape index (κ1) is 19.3. The van der Waals surface area contributed by atoms with Gasteiger partial charge in [-0.25, -0.2) is 9.38 Å². The van der Waals surface area contributed by atoms with Gasteiger partial charge in [0.2, 0.25) is 0 Å². The van der Waals surface area contributed by atoms with E-state index in [2.05, 4.69) is 4.98 Å². The molecule has 3 aromatic carbocycles. The molecule has 5 nitrogen and oxygen atoms in total. The Hall–Kier alpha value is -3.64. The zero-order valence-electron chi connectivity index (χ0n) is 16.9. The second-order valence-corrected chi connectivity index (χ2v) is 8.06. The summed E-state index contributed by atoms with van der Waals surface area (Å²) in [5.41, 5.74) is 3.57. The minimum atomic E-state index is -0.0592. The van der Waals surface area contributed by atoms with Gasteiger partial charge < -0.3 is 9.47 Å². The van der Waals surface area contributed by atoms with E-state index < -0.39 is 0 Å². The number of hydrogen-bond acceptors (Lipinski definition) is 5. The molecule has 0 unspecified atom stereocenters. The van der Waals surface area contributed by atoms with Crippen molar-refractivity contribution >= 4 is 33.4 Å². The lowest BCUT2D eigenvalue weighted by molar-refractivity contribution is 0.269. The smallest absolute Gasteiger partial charge is 0.274 e. The Labute approximate surface area is 182 Å². The minimum Gasteiger partial charge on any atom is -0.490 e. The van der Waals surface area contributed by atoms with Crippen LogP contribution >= 0.6 is 11.3 Å². The van der Waals surface area contributed by atoms with Crippen molar-refractivity contribution in [1.82, 2.24) is 9.38 Å². The van der Waals surface area contributed by atoms with Crippen LogP contribution < -0.4 is 19.6 Å². The molecule has 6 heteroatoms. The van der Waals surface area contributed by atoms with Gasteiger partial charge >= 0.3 is 0 Å². The van der Waals surface area contributed by atoms with E-state index in [0.717, 1.165) is 22.2 Å². The summed E-state index contributed by atoms with van der Waals surface area (Å²) in [6.45, 7) is 2.92. The molecule has 0 aliphatic rings. The van der Waals surface area contributed by atoms with Gasteiger partial charge in [-0.1, -0.05) is 59.9 Å². The molecular formula is C25H20N2O3S. The number of imidazole rings is 1. The van der Waals surface area contributed by atoms with Crippen LogP contribution in [0.2, 0.25) is 0 Å². The first-order valence-electron chi connectivity index (χ1n) is 10.1.